The lowest BCUT2D eigenvalue weighted by atomic mass is 10.0. The topological polar surface area (TPSA) is 78.4 Å². The fraction of sp³-hybridized carbons (Fsp3) is 0.556. The molecular weight excluding hydrogens is 494 g/mol. The molecule has 4 rings (SSSR count). The zero-order chi connectivity index (χ0) is 25.5. The van der Waals surface area contributed by atoms with Crippen LogP contribution in [0.2, 0.25) is 5.15 Å². The van der Waals surface area contributed by atoms with Gasteiger partial charge in [-0.2, -0.15) is 0 Å². The Labute approximate surface area is 223 Å². The molecular formula is C27H36ClN5O2S. The predicted molar refractivity (Wildman–Crippen MR) is 145 cm³/mol. The summed E-state index contributed by atoms with van der Waals surface area (Å²) in [6.07, 6.45) is 6.17. The number of benzene rings is 1. The van der Waals surface area contributed by atoms with E-state index >= 15 is 0 Å². The van der Waals surface area contributed by atoms with Gasteiger partial charge in [0.25, 0.3) is 0 Å². The van der Waals surface area contributed by atoms with Gasteiger partial charge in [-0.15, -0.1) is 0 Å². The number of rotatable bonds is 9. The maximum absolute atomic E-state index is 12.9. The number of nitrogens with zero attached hydrogens (tertiary/aromatic N) is 4. The van der Waals surface area contributed by atoms with Gasteiger partial charge < -0.3 is 15.1 Å². The van der Waals surface area contributed by atoms with Crippen LogP contribution >= 0.6 is 23.4 Å². The van der Waals surface area contributed by atoms with Gasteiger partial charge in [-0.1, -0.05) is 66.5 Å². The molecule has 2 aromatic rings. The van der Waals surface area contributed by atoms with E-state index in [1.54, 1.807) is 6.07 Å². The predicted octanol–water partition coefficient (Wildman–Crippen LogP) is 4.59. The molecule has 1 N–H and O–H groups in total. The van der Waals surface area contributed by atoms with E-state index in [-0.39, 0.29) is 29.7 Å². The van der Waals surface area contributed by atoms with Crippen molar-refractivity contribution in [2.45, 2.75) is 69.6 Å². The van der Waals surface area contributed by atoms with Gasteiger partial charge in [-0.25, -0.2) is 9.97 Å². The van der Waals surface area contributed by atoms with E-state index in [1.807, 2.05) is 30.0 Å². The minimum Gasteiger partial charge on any atom is -0.353 e. The molecule has 2 unspecified atom stereocenters. The first kappa shape index (κ1) is 26.7. The quantitative estimate of drug-likeness (QED) is 0.291. The molecule has 2 amide bonds. The number of amides is 2. The van der Waals surface area contributed by atoms with Crippen molar-refractivity contribution in [2.75, 3.05) is 30.3 Å². The third-order valence-electron chi connectivity index (χ3n) is 7.05. The largest absolute Gasteiger partial charge is 0.353 e. The molecule has 7 nitrogen and oxygen atoms in total. The Balaban J connectivity index is 1.27. The third kappa shape index (κ3) is 7.35. The molecule has 2 atom stereocenters. The summed E-state index contributed by atoms with van der Waals surface area (Å²) in [5.41, 5.74) is 1.27. The Bertz CT molecular complexity index is 1030. The number of nitrogens with one attached hydrogen (secondary N) is 1. The highest BCUT2D eigenvalue weighted by molar-refractivity contribution is 7.99. The lowest BCUT2D eigenvalue weighted by Gasteiger charge is -2.41. The van der Waals surface area contributed by atoms with E-state index in [9.17, 15) is 9.59 Å². The van der Waals surface area contributed by atoms with E-state index in [2.05, 4.69) is 39.2 Å². The lowest BCUT2D eigenvalue weighted by Crippen LogP contribution is -2.55. The molecule has 1 saturated heterocycles. The Morgan fingerprint density at radius 1 is 1.17 bits per heavy atom. The molecule has 0 radical (unpaired) electrons. The van der Waals surface area contributed by atoms with Gasteiger partial charge in [0, 0.05) is 43.7 Å². The average molecular weight is 530 g/mol. The molecule has 194 valence electrons. The molecule has 1 aliphatic carbocycles. The summed E-state index contributed by atoms with van der Waals surface area (Å²) in [5.74, 6) is 1.44. The second kappa shape index (κ2) is 12.8. The summed E-state index contributed by atoms with van der Waals surface area (Å²) in [4.78, 5) is 38.6. The van der Waals surface area contributed by atoms with Crippen LogP contribution in [0, 0.1) is 5.92 Å². The average Bonchev–Trinajstić information content (AvgIpc) is 3.41. The first-order valence-electron chi connectivity index (χ1n) is 12.9. The molecule has 1 aromatic heterocycles. The van der Waals surface area contributed by atoms with E-state index in [4.69, 9.17) is 11.6 Å². The van der Waals surface area contributed by atoms with Crippen molar-refractivity contribution in [3.8, 4) is 0 Å². The van der Waals surface area contributed by atoms with Crippen molar-refractivity contribution < 1.29 is 9.59 Å². The fourth-order valence-electron chi connectivity index (χ4n) is 5.06. The summed E-state index contributed by atoms with van der Waals surface area (Å²) < 4.78 is 0. The van der Waals surface area contributed by atoms with Crippen LogP contribution in [0.15, 0.2) is 41.6 Å². The summed E-state index contributed by atoms with van der Waals surface area (Å²) in [6.45, 7) is 6.22. The number of thioether (sulfide) groups is 1. The molecule has 1 saturated carbocycles. The Kier molecular flexibility index (Phi) is 9.48. The van der Waals surface area contributed by atoms with Gasteiger partial charge >= 0.3 is 0 Å². The number of halogens is 1. The van der Waals surface area contributed by atoms with Crippen molar-refractivity contribution in [3.63, 3.8) is 0 Å². The van der Waals surface area contributed by atoms with Crippen LogP contribution in [-0.2, 0) is 16.0 Å². The molecule has 0 bridgehead atoms. The number of aromatic nitrogens is 2. The number of carbonyl (C=O) groups is 2. The molecule has 36 heavy (non-hydrogen) atoms. The summed E-state index contributed by atoms with van der Waals surface area (Å²) >= 11 is 7.60. The summed E-state index contributed by atoms with van der Waals surface area (Å²) in [6, 6.07) is 12.2. The van der Waals surface area contributed by atoms with Crippen LogP contribution < -0.4 is 10.2 Å². The van der Waals surface area contributed by atoms with Gasteiger partial charge in [0.15, 0.2) is 5.16 Å². The zero-order valence-corrected chi connectivity index (χ0v) is 22.7. The van der Waals surface area contributed by atoms with Crippen molar-refractivity contribution in [1.82, 2.24) is 20.2 Å². The number of hydrogen-bond donors (Lipinski definition) is 1. The summed E-state index contributed by atoms with van der Waals surface area (Å²) in [5, 5.41) is 3.91. The van der Waals surface area contributed by atoms with Crippen LogP contribution in [0.1, 0.15) is 51.5 Å². The van der Waals surface area contributed by atoms with Gasteiger partial charge in [0.05, 0.1) is 5.75 Å². The first-order valence-corrected chi connectivity index (χ1v) is 14.3. The Morgan fingerprint density at radius 2 is 1.92 bits per heavy atom. The molecule has 9 heteroatoms. The number of anilines is 1. The van der Waals surface area contributed by atoms with E-state index in [0.717, 1.165) is 44.3 Å². The smallest absolute Gasteiger partial charge is 0.230 e. The molecule has 1 aromatic carbocycles. The van der Waals surface area contributed by atoms with Crippen molar-refractivity contribution in [2.24, 2.45) is 5.92 Å². The van der Waals surface area contributed by atoms with E-state index < -0.39 is 0 Å². The van der Waals surface area contributed by atoms with Crippen LogP contribution in [-0.4, -0.2) is 64.2 Å². The maximum atomic E-state index is 12.9. The number of aryl methyl sites for hydroxylation is 1. The van der Waals surface area contributed by atoms with E-state index in [0.29, 0.717) is 35.9 Å². The monoisotopic (exact) mass is 529 g/mol. The van der Waals surface area contributed by atoms with Gasteiger partial charge in [-0.05, 0) is 45.1 Å². The van der Waals surface area contributed by atoms with Crippen LogP contribution in [0.25, 0.3) is 0 Å². The zero-order valence-electron chi connectivity index (χ0n) is 21.2. The second-order valence-corrected chi connectivity index (χ2v) is 11.3. The minimum absolute atomic E-state index is 0.0432. The highest BCUT2D eigenvalue weighted by Crippen LogP contribution is 2.29. The van der Waals surface area contributed by atoms with Crippen LogP contribution in [0.5, 0.6) is 0 Å². The van der Waals surface area contributed by atoms with Crippen molar-refractivity contribution >= 4 is 41.0 Å². The highest BCUT2D eigenvalue weighted by atomic mass is 35.5. The standard InChI is InChI=1S/C27H36ClN5O2S/c1-19(12-13-21-8-4-3-5-9-21)29-25(34)18-36-27-30-23(28)16-24(31-27)32-14-15-33(20(2)17-32)26(35)22-10-6-7-11-22/h3-5,8-9,16,19-20,22H,6-7,10-15,17-18H2,1-2H3,(H,29,34). The number of piperazine rings is 1. The SMILES string of the molecule is CC(CCc1ccccc1)NC(=O)CSc1nc(Cl)cc(N2CCN(C(=O)C3CCCC3)C(C)C2)n1. The van der Waals surface area contributed by atoms with Crippen LogP contribution in [0.3, 0.4) is 0 Å². The normalized spacial score (nSPS) is 19.4. The van der Waals surface area contributed by atoms with Gasteiger partial charge in [0.2, 0.25) is 11.8 Å². The number of carbonyl (C=O) groups excluding carboxylic acids is 2. The minimum atomic E-state index is -0.0432. The second-order valence-electron chi connectivity index (χ2n) is 9.92. The Hall–Kier alpha value is -2.32. The third-order valence-corrected chi connectivity index (χ3v) is 8.09. The van der Waals surface area contributed by atoms with E-state index in [1.165, 1.54) is 17.3 Å². The van der Waals surface area contributed by atoms with Gasteiger partial charge in [-0.3, -0.25) is 9.59 Å². The van der Waals surface area contributed by atoms with Crippen molar-refractivity contribution in [1.29, 1.82) is 0 Å². The lowest BCUT2D eigenvalue weighted by molar-refractivity contribution is -0.137. The van der Waals surface area contributed by atoms with Crippen molar-refractivity contribution in [3.05, 3.63) is 47.1 Å². The highest BCUT2D eigenvalue weighted by Gasteiger charge is 2.33. The van der Waals surface area contributed by atoms with Gasteiger partial charge in [0.1, 0.15) is 11.0 Å². The maximum Gasteiger partial charge on any atom is 0.230 e. The molecule has 1 aliphatic heterocycles. The molecule has 0 spiro atoms. The molecule has 2 aliphatic rings. The fourth-order valence-corrected chi connectivity index (χ4v) is 5.95. The molecule has 2 heterocycles. The number of hydrogen-bond acceptors (Lipinski definition) is 6. The summed E-state index contributed by atoms with van der Waals surface area (Å²) in [7, 11) is 0. The first-order chi connectivity index (χ1) is 17.4. The Morgan fingerprint density at radius 3 is 2.64 bits per heavy atom. The molecule has 2 fully saturated rings. The van der Waals surface area contributed by atoms with Crippen LogP contribution in [0.4, 0.5) is 5.82 Å².